The lowest BCUT2D eigenvalue weighted by atomic mass is 9.89. The van der Waals surface area contributed by atoms with Gasteiger partial charge in [-0.3, -0.25) is 0 Å². The highest BCUT2D eigenvalue weighted by Gasteiger charge is 2.34. The van der Waals surface area contributed by atoms with Crippen LogP contribution in [-0.2, 0) is 0 Å². The second-order valence-electron chi connectivity index (χ2n) is 5.63. The van der Waals surface area contributed by atoms with Crippen LogP contribution in [0.25, 0.3) is 0 Å². The quantitative estimate of drug-likeness (QED) is 0.906. The summed E-state index contributed by atoms with van der Waals surface area (Å²) in [5.74, 6) is -0.284. The van der Waals surface area contributed by atoms with Crippen LogP contribution in [0.5, 0.6) is 0 Å². The summed E-state index contributed by atoms with van der Waals surface area (Å²) in [7, 11) is 4.02. The van der Waals surface area contributed by atoms with E-state index in [4.69, 9.17) is 0 Å². The SMILES string of the molecule is Cc1cc(F)ccc1C1CC(N(C)C)CCN1C(=O)O. The molecule has 5 heteroatoms. The number of nitrogens with zero attached hydrogens (tertiary/aromatic N) is 2. The van der Waals surface area contributed by atoms with Gasteiger partial charge in [0.15, 0.2) is 0 Å². The minimum absolute atomic E-state index is 0.200. The molecule has 1 aliphatic heterocycles. The molecule has 2 rings (SSSR count). The number of carbonyl (C=O) groups is 1. The number of carboxylic acid groups (broad SMARTS) is 1. The smallest absolute Gasteiger partial charge is 0.407 e. The number of piperidine rings is 1. The second kappa shape index (κ2) is 5.79. The lowest BCUT2D eigenvalue weighted by Crippen LogP contribution is -2.46. The summed E-state index contributed by atoms with van der Waals surface area (Å²) in [5.41, 5.74) is 1.71. The van der Waals surface area contributed by atoms with Crippen LogP contribution in [0.1, 0.15) is 30.0 Å². The van der Waals surface area contributed by atoms with E-state index >= 15 is 0 Å². The van der Waals surface area contributed by atoms with Crippen LogP contribution in [0.2, 0.25) is 0 Å². The summed E-state index contributed by atoms with van der Waals surface area (Å²) in [6.07, 6.45) is 0.665. The number of rotatable bonds is 2. The number of likely N-dealkylation sites (tertiary alicyclic amines) is 1. The molecule has 1 heterocycles. The monoisotopic (exact) mass is 280 g/mol. The van der Waals surface area contributed by atoms with E-state index in [1.807, 2.05) is 21.0 Å². The van der Waals surface area contributed by atoms with E-state index in [1.165, 1.54) is 17.0 Å². The highest BCUT2D eigenvalue weighted by molar-refractivity contribution is 5.66. The predicted molar refractivity (Wildman–Crippen MR) is 75.3 cm³/mol. The molecule has 0 spiro atoms. The third-order valence-corrected chi connectivity index (χ3v) is 4.14. The van der Waals surface area contributed by atoms with Crippen LogP contribution < -0.4 is 0 Å². The Bertz CT molecular complexity index is 505. The number of benzene rings is 1. The Morgan fingerprint density at radius 1 is 1.45 bits per heavy atom. The molecule has 1 N–H and O–H groups in total. The van der Waals surface area contributed by atoms with Crippen molar-refractivity contribution in [3.63, 3.8) is 0 Å². The fourth-order valence-electron chi connectivity index (χ4n) is 2.95. The van der Waals surface area contributed by atoms with Crippen molar-refractivity contribution in [3.05, 3.63) is 35.1 Å². The van der Waals surface area contributed by atoms with Gasteiger partial charge >= 0.3 is 6.09 Å². The predicted octanol–water partition coefficient (Wildman–Crippen LogP) is 2.88. The van der Waals surface area contributed by atoms with Gasteiger partial charge in [0, 0.05) is 12.6 Å². The Labute approximate surface area is 118 Å². The molecule has 0 radical (unpaired) electrons. The van der Waals surface area contributed by atoms with E-state index in [0.717, 1.165) is 24.0 Å². The normalized spacial score (nSPS) is 23.1. The van der Waals surface area contributed by atoms with Gasteiger partial charge in [-0.15, -0.1) is 0 Å². The van der Waals surface area contributed by atoms with Gasteiger partial charge in [-0.2, -0.15) is 0 Å². The lowest BCUT2D eigenvalue weighted by molar-refractivity contribution is 0.0764. The molecule has 0 aliphatic carbocycles. The first-order chi connectivity index (χ1) is 9.40. The molecule has 1 aliphatic rings. The Balaban J connectivity index is 2.33. The van der Waals surface area contributed by atoms with E-state index in [9.17, 15) is 14.3 Å². The first kappa shape index (κ1) is 14.8. The fraction of sp³-hybridized carbons (Fsp3) is 0.533. The highest BCUT2D eigenvalue weighted by atomic mass is 19.1. The minimum atomic E-state index is -0.907. The maximum atomic E-state index is 13.2. The molecule has 1 aromatic carbocycles. The van der Waals surface area contributed by atoms with Crippen molar-refractivity contribution in [2.75, 3.05) is 20.6 Å². The average molecular weight is 280 g/mol. The van der Waals surface area contributed by atoms with Crippen molar-refractivity contribution >= 4 is 6.09 Å². The van der Waals surface area contributed by atoms with Crippen molar-refractivity contribution in [2.24, 2.45) is 0 Å². The zero-order valence-corrected chi connectivity index (χ0v) is 12.1. The summed E-state index contributed by atoms with van der Waals surface area (Å²) >= 11 is 0. The van der Waals surface area contributed by atoms with Gasteiger partial charge in [0.2, 0.25) is 0 Å². The molecule has 0 aromatic heterocycles. The maximum absolute atomic E-state index is 13.2. The van der Waals surface area contributed by atoms with Crippen LogP contribution in [0.15, 0.2) is 18.2 Å². The van der Waals surface area contributed by atoms with Crippen molar-refractivity contribution in [1.82, 2.24) is 9.80 Å². The van der Waals surface area contributed by atoms with Crippen LogP contribution >= 0.6 is 0 Å². The van der Waals surface area contributed by atoms with Crippen molar-refractivity contribution in [2.45, 2.75) is 31.8 Å². The number of amides is 1. The third kappa shape index (κ3) is 2.93. The van der Waals surface area contributed by atoms with Crippen LogP contribution in [0.3, 0.4) is 0 Å². The average Bonchev–Trinajstić information content (AvgIpc) is 2.37. The molecule has 2 atom stereocenters. The molecular weight excluding hydrogens is 259 g/mol. The number of halogens is 1. The molecule has 1 aromatic rings. The summed E-state index contributed by atoms with van der Waals surface area (Å²) in [6.45, 7) is 2.34. The molecule has 1 saturated heterocycles. The molecule has 0 saturated carbocycles. The molecule has 2 unspecified atom stereocenters. The Kier molecular flexibility index (Phi) is 4.28. The zero-order valence-electron chi connectivity index (χ0n) is 12.1. The van der Waals surface area contributed by atoms with E-state index in [0.29, 0.717) is 12.6 Å². The zero-order chi connectivity index (χ0) is 14.9. The van der Waals surface area contributed by atoms with Crippen LogP contribution in [-0.4, -0.2) is 47.7 Å². The second-order valence-corrected chi connectivity index (χ2v) is 5.63. The Hall–Kier alpha value is -1.62. The molecule has 4 nitrogen and oxygen atoms in total. The summed E-state index contributed by atoms with van der Waals surface area (Å²) in [4.78, 5) is 15.0. The maximum Gasteiger partial charge on any atom is 0.407 e. The third-order valence-electron chi connectivity index (χ3n) is 4.14. The Morgan fingerprint density at radius 2 is 2.15 bits per heavy atom. The number of aryl methyl sites for hydroxylation is 1. The van der Waals surface area contributed by atoms with Crippen LogP contribution in [0.4, 0.5) is 9.18 Å². The van der Waals surface area contributed by atoms with Gasteiger partial charge in [-0.1, -0.05) is 6.07 Å². The number of hydrogen-bond donors (Lipinski definition) is 1. The minimum Gasteiger partial charge on any atom is -0.465 e. The summed E-state index contributed by atoms with van der Waals surface area (Å²) in [6, 6.07) is 4.73. The molecular formula is C15H21FN2O2. The lowest BCUT2D eigenvalue weighted by Gasteiger charge is -2.41. The molecule has 110 valence electrons. The van der Waals surface area contributed by atoms with Crippen molar-refractivity contribution < 1.29 is 14.3 Å². The topological polar surface area (TPSA) is 43.8 Å². The molecule has 1 amide bonds. The van der Waals surface area contributed by atoms with Crippen molar-refractivity contribution in [3.8, 4) is 0 Å². The molecule has 0 bridgehead atoms. The summed E-state index contributed by atoms with van der Waals surface area (Å²) in [5, 5.41) is 9.38. The van der Waals surface area contributed by atoms with Gasteiger partial charge < -0.3 is 14.9 Å². The Morgan fingerprint density at radius 3 is 2.70 bits per heavy atom. The van der Waals surface area contributed by atoms with E-state index < -0.39 is 6.09 Å². The van der Waals surface area contributed by atoms with Gasteiger partial charge in [0.05, 0.1) is 6.04 Å². The highest BCUT2D eigenvalue weighted by Crippen LogP contribution is 2.34. The first-order valence-electron chi connectivity index (χ1n) is 6.82. The van der Waals surface area contributed by atoms with Gasteiger partial charge in [0.1, 0.15) is 5.82 Å². The standard InChI is InChI=1S/C15H21FN2O2/c1-10-8-11(16)4-5-13(10)14-9-12(17(2)3)6-7-18(14)15(19)20/h4-5,8,12,14H,6-7,9H2,1-3H3,(H,19,20). The fourth-order valence-corrected chi connectivity index (χ4v) is 2.95. The van der Waals surface area contributed by atoms with Gasteiger partial charge in [-0.05, 0) is 57.1 Å². The van der Waals surface area contributed by atoms with Gasteiger partial charge in [-0.25, -0.2) is 9.18 Å². The number of hydrogen-bond acceptors (Lipinski definition) is 2. The van der Waals surface area contributed by atoms with E-state index in [2.05, 4.69) is 4.90 Å². The van der Waals surface area contributed by atoms with Gasteiger partial charge in [0.25, 0.3) is 0 Å². The van der Waals surface area contributed by atoms with E-state index in [-0.39, 0.29) is 11.9 Å². The summed E-state index contributed by atoms with van der Waals surface area (Å²) < 4.78 is 13.2. The largest absolute Gasteiger partial charge is 0.465 e. The molecule has 20 heavy (non-hydrogen) atoms. The van der Waals surface area contributed by atoms with Crippen molar-refractivity contribution in [1.29, 1.82) is 0 Å². The first-order valence-corrected chi connectivity index (χ1v) is 6.82. The van der Waals surface area contributed by atoms with E-state index in [1.54, 1.807) is 6.07 Å². The van der Waals surface area contributed by atoms with Crippen LogP contribution in [0, 0.1) is 12.7 Å². The molecule has 1 fully saturated rings.